The molecule has 0 saturated heterocycles. The Morgan fingerprint density at radius 1 is 1.00 bits per heavy atom. The highest BCUT2D eigenvalue weighted by Gasteiger charge is 2.20. The summed E-state index contributed by atoms with van der Waals surface area (Å²) in [7, 11) is 0. The molecule has 0 aliphatic rings. The van der Waals surface area contributed by atoms with Gasteiger partial charge in [0.25, 0.3) is 11.2 Å². The average Bonchev–Trinajstić information content (AvgIpc) is 3.11. The number of nitro groups is 1. The minimum atomic E-state index is -0.491. The Morgan fingerprint density at radius 2 is 1.62 bits per heavy atom. The van der Waals surface area contributed by atoms with E-state index in [0.717, 1.165) is 5.56 Å². The van der Waals surface area contributed by atoms with Gasteiger partial charge >= 0.3 is 0 Å². The van der Waals surface area contributed by atoms with E-state index in [4.69, 9.17) is 23.2 Å². The van der Waals surface area contributed by atoms with Crippen LogP contribution in [0.15, 0.2) is 82.6 Å². The third kappa shape index (κ3) is 4.34. The molecular formula is C23H16Cl2N4O3. The monoisotopic (exact) mass is 466 g/mol. The molecule has 0 unspecified atom stereocenters. The molecule has 7 nitrogen and oxygen atoms in total. The largest absolute Gasteiger partial charge is 0.290 e. The molecule has 0 bridgehead atoms. The highest BCUT2D eigenvalue weighted by atomic mass is 35.5. The molecule has 1 aromatic heterocycles. The molecule has 0 aliphatic carbocycles. The summed E-state index contributed by atoms with van der Waals surface area (Å²) < 4.78 is 1.34. The summed E-state index contributed by atoms with van der Waals surface area (Å²) in [6.07, 6.45) is 0. The van der Waals surface area contributed by atoms with Crippen LogP contribution in [0.2, 0.25) is 10.0 Å². The molecule has 0 fully saturated rings. The normalized spacial score (nSPS) is 11.5. The van der Waals surface area contributed by atoms with Gasteiger partial charge in [-0.1, -0.05) is 53.5 Å². The summed E-state index contributed by atoms with van der Waals surface area (Å²) >= 11 is 12.2. The van der Waals surface area contributed by atoms with Crippen molar-refractivity contribution < 1.29 is 4.92 Å². The number of benzene rings is 3. The van der Waals surface area contributed by atoms with Gasteiger partial charge in [0.05, 0.1) is 33.3 Å². The van der Waals surface area contributed by atoms with E-state index in [0.29, 0.717) is 38.4 Å². The first-order chi connectivity index (χ1) is 15.3. The Hall–Kier alpha value is -3.68. The second-order valence-electron chi connectivity index (χ2n) is 6.97. The molecule has 0 aliphatic heterocycles. The first kappa shape index (κ1) is 21.5. The maximum absolute atomic E-state index is 13.4. The number of nitrogens with one attached hydrogen (secondary N) is 1. The van der Waals surface area contributed by atoms with Gasteiger partial charge in [0.1, 0.15) is 0 Å². The SMILES string of the molecule is CC(=Nc1cc(Cl)cc(Cl)c1)c1c(-c2ccccc2)[nH]n(-c2ccc([N+](=O)[O-])cc2)c1=O. The lowest BCUT2D eigenvalue weighted by atomic mass is 10.1. The number of aliphatic imine (C=N–C) groups is 1. The third-order valence-electron chi connectivity index (χ3n) is 4.78. The van der Waals surface area contributed by atoms with Crippen LogP contribution in [0.4, 0.5) is 11.4 Å². The van der Waals surface area contributed by atoms with Crippen molar-refractivity contribution in [2.75, 3.05) is 0 Å². The fourth-order valence-electron chi connectivity index (χ4n) is 3.35. The smallest absolute Gasteiger partial charge is 0.280 e. The van der Waals surface area contributed by atoms with E-state index < -0.39 is 4.92 Å². The van der Waals surface area contributed by atoms with E-state index in [1.807, 2.05) is 30.3 Å². The fourth-order valence-corrected chi connectivity index (χ4v) is 3.86. The standard InChI is InChI=1S/C23H16Cl2N4O3/c1-14(26-18-12-16(24)11-17(25)13-18)21-22(15-5-3-2-4-6-15)27-28(23(21)30)19-7-9-20(10-8-19)29(31)32/h2-13,27H,1H3. The summed E-state index contributed by atoms with van der Waals surface area (Å²) in [5, 5.41) is 15.0. The molecule has 0 amide bonds. The van der Waals surface area contributed by atoms with Gasteiger partial charge in [-0.15, -0.1) is 0 Å². The van der Waals surface area contributed by atoms with Gasteiger partial charge in [0, 0.05) is 27.7 Å². The summed E-state index contributed by atoms with van der Waals surface area (Å²) in [6, 6.07) is 20.0. The van der Waals surface area contributed by atoms with Gasteiger partial charge in [-0.3, -0.25) is 25.0 Å². The van der Waals surface area contributed by atoms with Crippen molar-refractivity contribution in [3.8, 4) is 16.9 Å². The van der Waals surface area contributed by atoms with Crippen molar-refractivity contribution in [1.29, 1.82) is 0 Å². The zero-order chi connectivity index (χ0) is 22.8. The van der Waals surface area contributed by atoms with E-state index in [9.17, 15) is 14.9 Å². The van der Waals surface area contributed by atoms with E-state index in [1.54, 1.807) is 25.1 Å². The second-order valence-corrected chi connectivity index (χ2v) is 7.84. The molecular weight excluding hydrogens is 451 g/mol. The molecule has 160 valence electrons. The van der Waals surface area contributed by atoms with E-state index >= 15 is 0 Å². The van der Waals surface area contributed by atoms with Crippen molar-refractivity contribution in [3.05, 3.63) is 109 Å². The topological polar surface area (TPSA) is 93.3 Å². The molecule has 1 N–H and O–H groups in total. The van der Waals surface area contributed by atoms with E-state index in [1.165, 1.54) is 28.9 Å². The number of rotatable bonds is 5. The number of halogens is 2. The van der Waals surface area contributed by atoms with Crippen LogP contribution in [-0.2, 0) is 0 Å². The molecule has 4 rings (SSSR count). The first-order valence-corrected chi connectivity index (χ1v) is 10.3. The summed E-state index contributed by atoms with van der Waals surface area (Å²) in [4.78, 5) is 28.5. The van der Waals surface area contributed by atoms with Crippen molar-refractivity contribution in [1.82, 2.24) is 9.78 Å². The summed E-state index contributed by atoms with van der Waals surface area (Å²) in [6.45, 7) is 1.73. The van der Waals surface area contributed by atoms with Crippen molar-refractivity contribution >= 4 is 40.3 Å². The average molecular weight is 467 g/mol. The number of hydrogen-bond donors (Lipinski definition) is 1. The Labute approximate surface area is 192 Å². The summed E-state index contributed by atoms with van der Waals surface area (Å²) in [5.41, 5.74) is 2.76. The zero-order valence-electron chi connectivity index (χ0n) is 16.8. The van der Waals surface area contributed by atoms with Crippen LogP contribution >= 0.6 is 23.2 Å². The Balaban J connectivity index is 1.89. The van der Waals surface area contributed by atoms with Crippen molar-refractivity contribution in [3.63, 3.8) is 0 Å². The van der Waals surface area contributed by atoms with Gasteiger partial charge in [0.15, 0.2) is 0 Å². The van der Waals surface area contributed by atoms with Gasteiger partial charge < -0.3 is 0 Å². The molecule has 4 aromatic rings. The van der Waals surface area contributed by atoms with Crippen LogP contribution in [0, 0.1) is 10.1 Å². The molecule has 0 saturated carbocycles. The number of H-pyrrole nitrogens is 1. The van der Waals surface area contributed by atoms with E-state index in [2.05, 4.69) is 10.1 Å². The number of nitrogens with zero attached hydrogens (tertiary/aromatic N) is 3. The Bertz CT molecular complexity index is 1370. The predicted octanol–water partition coefficient (Wildman–Crippen LogP) is 6.19. The molecule has 3 aromatic carbocycles. The maximum atomic E-state index is 13.4. The highest BCUT2D eigenvalue weighted by Crippen LogP contribution is 2.27. The maximum Gasteiger partial charge on any atom is 0.280 e. The minimum Gasteiger partial charge on any atom is -0.290 e. The lowest BCUT2D eigenvalue weighted by Gasteiger charge is -2.04. The van der Waals surface area contributed by atoms with Crippen LogP contribution in [0.5, 0.6) is 0 Å². The number of aromatic nitrogens is 2. The molecule has 0 radical (unpaired) electrons. The van der Waals surface area contributed by atoms with Crippen molar-refractivity contribution in [2.45, 2.75) is 6.92 Å². The number of nitro benzene ring substituents is 1. The zero-order valence-corrected chi connectivity index (χ0v) is 18.3. The van der Waals surface area contributed by atoms with Crippen molar-refractivity contribution in [2.24, 2.45) is 4.99 Å². The highest BCUT2D eigenvalue weighted by molar-refractivity contribution is 6.35. The van der Waals surface area contributed by atoms with Crippen LogP contribution in [-0.4, -0.2) is 20.4 Å². The molecule has 0 spiro atoms. The van der Waals surface area contributed by atoms with E-state index in [-0.39, 0.29) is 11.2 Å². The van der Waals surface area contributed by atoms with Gasteiger partial charge in [-0.2, -0.15) is 0 Å². The third-order valence-corrected chi connectivity index (χ3v) is 5.21. The van der Waals surface area contributed by atoms with Crippen LogP contribution in [0.1, 0.15) is 12.5 Å². The van der Waals surface area contributed by atoms with Crippen LogP contribution in [0.3, 0.4) is 0 Å². The summed E-state index contributed by atoms with van der Waals surface area (Å²) in [5.74, 6) is 0. The minimum absolute atomic E-state index is 0.0626. The number of hydrogen-bond acceptors (Lipinski definition) is 4. The molecule has 0 atom stereocenters. The van der Waals surface area contributed by atoms with Gasteiger partial charge in [0.2, 0.25) is 0 Å². The lowest BCUT2D eigenvalue weighted by Crippen LogP contribution is -2.19. The predicted molar refractivity (Wildman–Crippen MR) is 127 cm³/mol. The lowest BCUT2D eigenvalue weighted by molar-refractivity contribution is -0.384. The molecule has 32 heavy (non-hydrogen) atoms. The molecule has 9 heteroatoms. The second kappa shape index (κ2) is 8.82. The van der Waals surface area contributed by atoms with Crippen LogP contribution < -0.4 is 5.56 Å². The quantitative estimate of drug-likeness (QED) is 0.216. The Kier molecular flexibility index (Phi) is 5.94. The number of aromatic amines is 1. The van der Waals surface area contributed by atoms with Crippen LogP contribution in [0.25, 0.3) is 16.9 Å². The number of non-ortho nitro benzene ring substituents is 1. The Morgan fingerprint density at radius 3 is 2.22 bits per heavy atom. The van der Waals surface area contributed by atoms with Gasteiger partial charge in [-0.05, 0) is 37.3 Å². The van der Waals surface area contributed by atoms with Gasteiger partial charge in [-0.25, -0.2) is 4.68 Å². The molecule has 1 heterocycles. The fraction of sp³-hybridized carbons (Fsp3) is 0.0435. The first-order valence-electron chi connectivity index (χ1n) is 9.50.